The summed E-state index contributed by atoms with van der Waals surface area (Å²) in [4.78, 5) is 6.47. The van der Waals surface area contributed by atoms with E-state index in [0.717, 1.165) is 30.3 Å². The summed E-state index contributed by atoms with van der Waals surface area (Å²) in [5.41, 5.74) is 0. The summed E-state index contributed by atoms with van der Waals surface area (Å²) in [6, 6.07) is 3.53. The molecule has 0 amide bonds. The van der Waals surface area contributed by atoms with Crippen LogP contribution < -0.4 is 0 Å². The van der Waals surface area contributed by atoms with Gasteiger partial charge in [0.15, 0.2) is 0 Å². The summed E-state index contributed by atoms with van der Waals surface area (Å²) in [7, 11) is 0. The molecule has 0 aromatic carbocycles. The van der Waals surface area contributed by atoms with Crippen LogP contribution in [-0.2, 0) is 0 Å². The monoisotopic (exact) mass is 430 g/mol. The Bertz CT molecular complexity index is 391. The van der Waals surface area contributed by atoms with Gasteiger partial charge in [-0.3, -0.25) is 9.80 Å². The first-order valence-corrected chi connectivity index (χ1v) is 14.9. The number of nitrogens with zero attached hydrogens (tertiary/aromatic N) is 2. The van der Waals surface area contributed by atoms with Crippen molar-refractivity contribution in [2.45, 2.75) is 185 Å². The van der Waals surface area contributed by atoms with Crippen molar-refractivity contribution in [3.63, 3.8) is 0 Å². The Morgan fingerprint density at radius 2 is 0.774 bits per heavy atom. The van der Waals surface area contributed by atoms with Gasteiger partial charge in [-0.2, -0.15) is 0 Å². The lowest BCUT2D eigenvalue weighted by molar-refractivity contribution is -0.0915. The van der Waals surface area contributed by atoms with E-state index in [-0.39, 0.29) is 0 Å². The zero-order chi connectivity index (χ0) is 21.3. The molecule has 2 nitrogen and oxygen atoms in total. The molecule has 0 bridgehead atoms. The summed E-state index contributed by atoms with van der Waals surface area (Å²) in [5, 5.41) is 0. The van der Waals surface area contributed by atoms with Gasteiger partial charge in [-0.15, -0.1) is 0 Å². The smallest absolute Gasteiger partial charge is 0.0632 e. The summed E-state index contributed by atoms with van der Waals surface area (Å²) in [5.74, 6) is 0. The maximum Gasteiger partial charge on any atom is 0.0632 e. The molecule has 0 N–H and O–H groups in total. The van der Waals surface area contributed by atoms with E-state index < -0.39 is 0 Å². The van der Waals surface area contributed by atoms with Gasteiger partial charge in [0, 0.05) is 24.2 Å². The Balaban J connectivity index is 1.64. The Morgan fingerprint density at radius 1 is 0.484 bits per heavy atom. The van der Waals surface area contributed by atoms with E-state index in [4.69, 9.17) is 0 Å². The first-order chi connectivity index (χ1) is 15.4. The molecule has 0 aromatic heterocycles. The summed E-state index contributed by atoms with van der Waals surface area (Å²) in [6.07, 6.45) is 34.7. The van der Waals surface area contributed by atoms with E-state index in [1.54, 1.807) is 0 Å². The second kappa shape index (κ2) is 13.0. The molecule has 0 aromatic rings. The minimum atomic E-state index is 0.748. The number of rotatable bonds is 9. The van der Waals surface area contributed by atoms with Gasteiger partial charge in [0.2, 0.25) is 0 Å². The lowest BCUT2D eigenvalue weighted by Gasteiger charge is -2.55. The van der Waals surface area contributed by atoms with Crippen LogP contribution in [0.15, 0.2) is 0 Å². The van der Waals surface area contributed by atoms with Gasteiger partial charge in [-0.1, -0.05) is 96.8 Å². The zero-order valence-electron chi connectivity index (χ0n) is 21.0. The molecule has 0 heterocycles. The molecule has 180 valence electrons. The molecule has 4 rings (SSSR count). The van der Waals surface area contributed by atoms with Crippen LogP contribution >= 0.6 is 0 Å². The van der Waals surface area contributed by atoms with Gasteiger partial charge >= 0.3 is 0 Å². The fourth-order valence-corrected chi connectivity index (χ4v) is 7.93. The molecule has 0 radical (unpaired) electrons. The van der Waals surface area contributed by atoms with Crippen LogP contribution in [-0.4, -0.2) is 40.1 Å². The molecule has 0 saturated heterocycles. The van der Waals surface area contributed by atoms with Crippen LogP contribution in [0.25, 0.3) is 0 Å². The van der Waals surface area contributed by atoms with Crippen molar-refractivity contribution in [1.29, 1.82) is 0 Å². The minimum absolute atomic E-state index is 0.748. The van der Waals surface area contributed by atoms with E-state index in [9.17, 15) is 0 Å². The predicted octanol–water partition coefficient (Wildman–Crippen LogP) is 8.44. The minimum Gasteiger partial charge on any atom is -0.282 e. The highest BCUT2D eigenvalue weighted by Crippen LogP contribution is 2.39. The van der Waals surface area contributed by atoms with Gasteiger partial charge in [0.25, 0.3) is 0 Å². The molecule has 31 heavy (non-hydrogen) atoms. The predicted molar refractivity (Wildman–Crippen MR) is 134 cm³/mol. The van der Waals surface area contributed by atoms with E-state index in [1.165, 1.54) is 148 Å². The Morgan fingerprint density at radius 3 is 1.03 bits per heavy atom. The van der Waals surface area contributed by atoms with Gasteiger partial charge in [-0.25, -0.2) is 0 Å². The average Bonchev–Trinajstić information content (AvgIpc) is 2.85. The van der Waals surface area contributed by atoms with Crippen molar-refractivity contribution in [2.75, 3.05) is 0 Å². The van der Waals surface area contributed by atoms with Crippen molar-refractivity contribution in [2.24, 2.45) is 0 Å². The lowest BCUT2D eigenvalue weighted by atomic mass is 9.84. The van der Waals surface area contributed by atoms with Crippen LogP contribution in [0.4, 0.5) is 0 Å². The third kappa shape index (κ3) is 6.50. The number of unbranched alkanes of at least 4 members (excludes halogenated alkanes) is 1. The van der Waals surface area contributed by atoms with E-state index in [0.29, 0.717) is 0 Å². The van der Waals surface area contributed by atoms with Crippen LogP contribution in [0.1, 0.15) is 155 Å². The molecular weight excluding hydrogens is 376 g/mol. The third-order valence-electron chi connectivity index (χ3n) is 9.49. The first-order valence-electron chi connectivity index (χ1n) is 14.9. The van der Waals surface area contributed by atoms with Crippen molar-refractivity contribution >= 4 is 0 Å². The average molecular weight is 431 g/mol. The second-order valence-corrected chi connectivity index (χ2v) is 11.7. The quantitative estimate of drug-likeness (QED) is 0.339. The van der Waals surface area contributed by atoms with E-state index in [2.05, 4.69) is 16.7 Å². The molecule has 4 aliphatic carbocycles. The highest BCUT2D eigenvalue weighted by molar-refractivity contribution is 4.94. The maximum absolute atomic E-state index is 3.23. The molecule has 2 heteroatoms. The van der Waals surface area contributed by atoms with Crippen LogP contribution in [0.3, 0.4) is 0 Å². The van der Waals surface area contributed by atoms with Gasteiger partial charge in [0.1, 0.15) is 0 Å². The fourth-order valence-electron chi connectivity index (χ4n) is 7.93. The maximum atomic E-state index is 3.23. The van der Waals surface area contributed by atoms with Crippen molar-refractivity contribution in [3.05, 3.63) is 0 Å². The lowest BCUT2D eigenvalue weighted by Crippen LogP contribution is -2.62. The second-order valence-electron chi connectivity index (χ2n) is 11.7. The van der Waals surface area contributed by atoms with Crippen molar-refractivity contribution in [3.8, 4) is 0 Å². The molecule has 0 spiro atoms. The molecule has 4 aliphatic rings. The third-order valence-corrected chi connectivity index (χ3v) is 9.49. The topological polar surface area (TPSA) is 6.48 Å². The van der Waals surface area contributed by atoms with Crippen molar-refractivity contribution < 1.29 is 0 Å². The zero-order valence-corrected chi connectivity index (χ0v) is 21.0. The summed E-state index contributed by atoms with van der Waals surface area (Å²) in [6.45, 7) is 2.42. The largest absolute Gasteiger partial charge is 0.282 e. The Labute approximate surface area is 194 Å². The molecular formula is C29H54N2. The fraction of sp³-hybridized carbons (Fsp3) is 1.00. The van der Waals surface area contributed by atoms with Crippen LogP contribution in [0.5, 0.6) is 0 Å². The molecule has 4 saturated carbocycles. The summed E-state index contributed by atoms with van der Waals surface area (Å²) >= 11 is 0. The molecule has 0 unspecified atom stereocenters. The van der Waals surface area contributed by atoms with Crippen LogP contribution in [0.2, 0.25) is 0 Å². The van der Waals surface area contributed by atoms with Gasteiger partial charge in [0.05, 0.1) is 6.17 Å². The highest BCUT2D eigenvalue weighted by Gasteiger charge is 2.41. The first kappa shape index (κ1) is 24.1. The normalized spacial score (nSPS) is 26.3. The molecule has 0 atom stereocenters. The van der Waals surface area contributed by atoms with E-state index in [1.807, 2.05) is 0 Å². The van der Waals surface area contributed by atoms with Gasteiger partial charge < -0.3 is 0 Å². The SMILES string of the molecule is CCCCC(N(C1CCCCC1)C1CCCCC1)N(C1CCCCC1)C1CCCCC1. The standard InChI is InChI=1S/C29H54N2/c1-2-3-24-29(30(25-16-8-4-9-17-25)26-18-10-5-11-19-26)31(27-20-12-6-13-21-27)28-22-14-7-15-23-28/h25-29H,2-24H2,1H3. The van der Waals surface area contributed by atoms with E-state index >= 15 is 0 Å². The van der Waals surface area contributed by atoms with Crippen molar-refractivity contribution in [1.82, 2.24) is 9.80 Å². The van der Waals surface area contributed by atoms with Gasteiger partial charge in [-0.05, 0) is 57.8 Å². The Kier molecular flexibility index (Phi) is 10.1. The number of hydrogen-bond acceptors (Lipinski definition) is 2. The summed E-state index contributed by atoms with van der Waals surface area (Å²) < 4.78 is 0. The Hall–Kier alpha value is -0.0800. The highest BCUT2D eigenvalue weighted by atomic mass is 15.4. The number of hydrogen-bond donors (Lipinski definition) is 0. The molecule has 0 aliphatic heterocycles. The molecule has 4 fully saturated rings. The van der Waals surface area contributed by atoms with Crippen LogP contribution in [0, 0.1) is 0 Å².